The summed E-state index contributed by atoms with van der Waals surface area (Å²) in [5.74, 6) is 3.49. The second-order valence-corrected chi connectivity index (χ2v) is 3.93. The minimum atomic E-state index is 0.762. The molecule has 2 aromatic carbocycles. The van der Waals surface area contributed by atoms with Gasteiger partial charge in [0.15, 0.2) is 0 Å². The number of terminal acetylenes is 1. The second-order valence-electron chi connectivity index (χ2n) is 3.93. The Labute approximate surface area is 108 Å². The normalized spacial score (nSPS) is 9.56. The quantitative estimate of drug-likeness (QED) is 0.824. The average molecular weight is 237 g/mol. The van der Waals surface area contributed by atoms with E-state index in [2.05, 4.69) is 11.2 Å². The van der Waals surface area contributed by atoms with Crippen LogP contribution in [0.2, 0.25) is 0 Å². The zero-order valence-corrected chi connectivity index (χ0v) is 10.3. The van der Waals surface area contributed by atoms with Crippen LogP contribution in [0.25, 0.3) is 0 Å². The highest BCUT2D eigenvalue weighted by molar-refractivity contribution is 5.50. The van der Waals surface area contributed by atoms with Crippen molar-refractivity contribution in [1.29, 1.82) is 0 Å². The minimum absolute atomic E-state index is 0.762. The molecule has 90 valence electrons. The van der Waals surface area contributed by atoms with E-state index in [1.807, 2.05) is 48.5 Å². The number of ether oxygens (including phenoxy) is 1. The fraction of sp³-hybridized carbons (Fsp3) is 0.125. The van der Waals surface area contributed by atoms with E-state index in [1.54, 1.807) is 7.11 Å². The molecule has 0 aliphatic carbocycles. The summed E-state index contributed by atoms with van der Waals surface area (Å²) >= 11 is 0. The Morgan fingerprint density at radius 1 is 1.17 bits per heavy atom. The van der Waals surface area contributed by atoms with Crippen molar-refractivity contribution >= 4 is 5.69 Å². The maximum Gasteiger partial charge on any atom is 0.118 e. The summed E-state index contributed by atoms with van der Waals surface area (Å²) in [5, 5.41) is 3.34. The van der Waals surface area contributed by atoms with Crippen LogP contribution in [0.4, 0.5) is 5.69 Å². The average Bonchev–Trinajstić information content (AvgIpc) is 2.46. The zero-order valence-electron chi connectivity index (χ0n) is 10.3. The molecule has 0 aromatic heterocycles. The minimum Gasteiger partial charge on any atom is -0.497 e. The van der Waals surface area contributed by atoms with Gasteiger partial charge in [-0.25, -0.2) is 0 Å². The fourth-order valence-corrected chi connectivity index (χ4v) is 1.67. The SMILES string of the molecule is C#Cc1cccc(NCc2ccc(OC)cc2)c1. The van der Waals surface area contributed by atoms with Gasteiger partial charge in [-0.05, 0) is 35.9 Å². The monoisotopic (exact) mass is 237 g/mol. The number of nitrogens with one attached hydrogen (secondary N) is 1. The van der Waals surface area contributed by atoms with Gasteiger partial charge in [-0.15, -0.1) is 6.42 Å². The molecule has 0 bridgehead atoms. The molecular formula is C16H15NO. The van der Waals surface area contributed by atoms with Gasteiger partial charge in [-0.1, -0.05) is 24.1 Å². The molecule has 0 unspecified atom stereocenters. The van der Waals surface area contributed by atoms with Gasteiger partial charge in [0.1, 0.15) is 5.75 Å². The van der Waals surface area contributed by atoms with Gasteiger partial charge < -0.3 is 10.1 Å². The Hall–Kier alpha value is -2.40. The Balaban J connectivity index is 2.00. The van der Waals surface area contributed by atoms with E-state index in [4.69, 9.17) is 11.2 Å². The van der Waals surface area contributed by atoms with Crippen molar-refractivity contribution in [1.82, 2.24) is 0 Å². The van der Waals surface area contributed by atoms with E-state index in [0.29, 0.717) is 0 Å². The van der Waals surface area contributed by atoms with Gasteiger partial charge in [0, 0.05) is 17.8 Å². The number of hydrogen-bond donors (Lipinski definition) is 1. The van der Waals surface area contributed by atoms with Crippen molar-refractivity contribution in [3.63, 3.8) is 0 Å². The van der Waals surface area contributed by atoms with Gasteiger partial charge in [-0.3, -0.25) is 0 Å². The third-order valence-corrected chi connectivity index (χ3v) is 2.68. The predicted octanol–water partition coefficient (Wildman–Crippen LogP) is 3.29. The molecular weight excluding hydrogens is 222 g/mol. The summed E-state index contributed by atoms with van der Waals surface area (Å²) in [6, 6.07) is 15.8. The molecule has 0 radical (unpaired) electrons. The smallest absolute Gasteiger partial charge is 0.118 e. The Morgan fingerprint density at radius 2 is 1.94 bits per heavy atom. The van der Waals surface area contributed by atoms with Crippen LogP contribution in [0.3, 0.4) is 0 Å². The van der Waals surface area contributed by atoms with Crippen LogP contribution in [-0.2, 0) is 6.54 Å². The molecule has 0 aliphatic heterocycles. The van der Waals surface area contributed by atoms with Crippen molar-refractivity contribution in [2.24, 2.45) is 0 Å². The van der Waals surface area contributed by atoms with Crippen LogP contribution in [0.15, 0.2) is 48.5 Å². The summed E-state index contributed by atoms with van der Waals surface area (Å²) in [6.45, 7) is 0.762. The number of benzene rings is 2. The molecule has 0 saturated carbocycles. The van der Waals surface area contributed by atoms with E-state index in [1.165, 1.54) is 5.56 Å². The van der Waals surface area contributed by atoms with Crippen LogP contribution in [0, 0.1) is 12.3 Å². The van der Waals surface area contributed by atoms with E-state index in [-0.39, 0.29) is 0 Å². The van der Waals surface area contributed by atoms with Crippen LogP contribution < -0.4 is 10.1 Å². The van der Waals surface area contributed by atoms with Crippen molar-refractivity contribution in [3.05, 3.63) is 59.7 Å². The van der Waals surface area contributed by atoms with Gasteiger partial charge in [0.05, 0.1) is 7.11 Å². The molecule has 0 heterocycles. The molecule has 2 nitrogen and oxygen atoms in total. The highest BCUT2D eigenvalue weighted by atomic mass is 16.5. The van der Waals surface area contributed by atoms with Gasteiger partial charge in [0.2, 0.25) is 0 Å². The maximum atomic E-state index is 5.37. The number of methoxy groups -OCH3 is 1. The summed E-state index contributed by atoms with van der Waals surface area (Å²) in [5.41, 5.74) is 3.11. The third-order valence-electron chi connectivity index (χ3n) is 2.68. The topological polar surface area (TPSA) is 21.3 Å². The second kappa shape index (κ2) is 5.79. The lowest BCUT2D eigenvalue weighted by Gasteiger charge is -2.07. The lowest BCUT2D eigenvalue weighted by atomic mass is 10.2. The first-order chi connectivity index (χ1) is 8.81. The van der Waals surface area contributed by atoms with Gasteiger partial charge in [-0.2, -0.15) is 0 Å². The molecule has 2 rings (SSSR count). The Kier molecular flexibility index (Phi) is 3.88. The van der Waals surface area contributed by atoms with Crippen molar-refractivity contribution < 1.29 is 4.74 Å². The molecule has 0 saturated heterocycles. The predicted molar refractivity (Wildman–Crippen MR) is 74.7 cm³/mol. The fourth-order valence-electron chi connectivity index (χ4n) is 1.67. The lowest BCUT2D eigenvalue weighted by Crippen LogP contribution is -1.99. The van der Waals surface area contributed by atoms with E-state index in [9.17, 15) is 0 Å². The van der Waals surface area contributed by atoms with Crippen LogP contribution in [-0.4, -0.2) is 7.11 Å². The highest BCUT2D eigenvalue weighted by Gasteiger charge is 1.96. The van der Waals surface area contributed by atoms with Gasteiger partial charge >= 0.3 is 0 Å². The van der Waals surface area contributed by atoms with Crippen LogP contribution in [0.5, 0.6) is 5.75 Å². The standard InChI is InChI=1S/C16H15NO/c1-3-13-5-4-6-15(11-13)17-12-14-7-9-16(18-2)10-8-14/h1,4-11,17H,12H2,2H3. The largest absolute Gasteiger partial charge is 0.497 e. The molecule has 2 heteroatoms. The van der Waals surface area contributed by atoms with E-state index >= 15 is 0 Å². The summed E-state index contributed by atoms with van der Waals surface area (Å²) in [4.78, 5) is 0. The molecule has 0 amide bonds. The van der Waals surface area contributed by atoms with Crippen molar-refractivity contribution in [2.75, 3.05) is 12.4 Å². The van der Waals surface area contributed by atoms with E-state index in [0.717, 1.165) is 23.5 Å². The van der Waals surface area contributed by atoms with Crippen molar-refractivity contribution in [3.8, 4) is 18.1 Å². The summed E-state index contributed by atoms with van der Waals surface area (Å²) in [6.07, 6.45) is 5.37. The molecule has 0 aliphatic rings. The third kappa shape index (κ3) is 3.05. The maximum absolute atomic E-state index is 5.37. The van der Waals surface area contributed by atoms with Crippen LogP contribution in [0.1, 0.15) is 11.1 Å². The molecule has 0 fully saturated rings. The number of hydrogen-bond acceptors (Lipinski definition) is 2. The van der Waals surface area contributed by atoms with Crippen LogP contribution >= 0.6 is 0 Å². The Bertz CT molecular complexity index is 552. The Morgan fingerprint density at radius 3 is 2.61 bits per heavy atom. The number of anilines is 1. The molecule has 0 spiro atoms. The molecule has 18 heavy (non-hydrogen) atoms. The number of rotatable bonds is 4. The van der Waals surface area contributed by atoms with Gasteiger partial charge in [0.25, 0.3) is 0 Å². The first-order valence-corrected chi connectivity index (χ1v) is 5.75. The molecule has 0 atom stereocenters. The first-order valence-electron chi connectivity index (χ1n) is 5.75. The highest BCUT2D eigenvalue weighted by Crippen LogP contribution is 2.14. The summed E-state index contributed by atoms with van der Waals surface area (Å²) in [7, 11) is 1.67. The summed E-state index contributed by atoms with van der Waals surface area (Å²) < 4.78 is 5.12. The van der Waals surface area contributed by atoms with Crippen molar-refractivity contribution in [2.45, 2.75) is 6.54 Å². The zero-order chi connectivity index (χ0) is 12.8. The first kappa shape index (κ1) is 12.1. The molecule has 2 aromatic rings. The lowest BCUT2D eigenvalue weighted by molar-refractivity contribution is 0.414. The molecule has 1 N–H and O–H groups in total. The van der Waals surface area contributed by atoms with E-state index < -0.39 is 0 Å².